The third-order valence-corrected chi connectivity index (χ3v) is 6.73. The second-order valence-electron chi connectivity index (χ2n) is 8.65. The standard InChI is InChI=1S/C28H28N4O3S/c1-19(2)31-26(22-12-8-5-9-13-22)25(21-10-6-4-7-11-21)30-28(31)36-17-16-29-27(33)23-15-14-20(3)24(18-23)32(34)35/h4-15,18-19H,16-17H2,1-3H3,(H,29,33). The van der Waals surface area contributed by atoms with Crippen LogP contribution < -0.4 is 5.32 Å². The number of hydrogen-bond donors (Lipinski definition) is 1. The van der Waals surface area contributed by atoms with Gasteiger partial charge in [0.05, 0.1) is 16.3 Å². The first-order valence-electron chi connectivity index (χ1n) is 11.8. The summed E-state index contributed by atoms with van der Waals surface area (Å²) in [7, 11) is 0. The highest BCUT2D eigenvalue weighted by Crippen LogP contribution is 2.38. The van der Waals surface area contributed by atoms with E-state index in [0.29, 0.717) is 17.9 Å². The average molecular weight is 501 g/mol. The molecule has 0 fully saturated rings. The summed E-state index contributed by atoms with van der Waals surface area (Å²) in [6.07, 6.45) is 0. The van der Waals surface area contributed by atoms with Crippen LogP contribution in [-0.2, 0) is 0 Å². The Hall–Kier alpha value is -3.91. The van der Waals surface area contributed by atoms with E-state index in [4.69, 9.17) is 4.98 Å². The van der Waals surface area contributed by atoms with Crippen molar-refractivity contribution in [2.45, 2.75) is 32.0 Å². The van der Waals surface area contributed by atoms with E-state index in [2.05, 4.69) is 48.0 Å². The lowest BCUT2D eigenvalue weighted by molar-refractivity contribution is -0.385. The molecular weight excluding hydrogens is 472 g/mol. The molecule has 0 aliphatic heterocycles. The number of aromatic nitrogens is 2. The Morgan fingerprint density at radius 2 is 1.67 bits per heavy atom. The first-order chi connectivity index (χ1) is 17.4. The van der Waals surface area contributed by atoms with Crippen LogP contribution >= 0.6 is 11.8 Å². The normalized spacial score (nSPS) is 11.0. The van der Waals surface area contributed by atoms with E-state index in [9.17, 15) is 14.9 Å². The van der Waals surface area contributed by atoms with Gasteiger partial charge in [0.25, 0.3) is 11.6 Å². The molecule has 3 aromatic carbocycles. The summed E-state index contributed by atoms with van der Waals surface area (Å²) in [5, 5.41) is 14.9. The van der Waals surface area contributed by atoms with Crippen LogP contribution in [0.2, 0.25) is 0 Å². The Balaban J connectivity index is 1.55. The summed E-state index contributed by atoms with van der Waals surface area (Å²) in [6, 6.07) is 25.1. The lowest BCUT2D eigenvalue weighted by Crippen LogP contribution is -2.26. The molecule has 0 radical (unpaired) electrons. The van der Waals surface area contributed by atoms with Gasteiger partial charge >= 0.3 is 0 Å². The van der Waals surface area contributed by atoms with Crippen LogP contribution in [0, 0.1) is 17.0 Å². The Labute approximate surface area is 214 Å². The number of nitrogens with zero attached hydrogens (tertiary/aromatic N) is 3. The minimum absolute atomic E-state index is 0.0575. The third kappa shape index (κ3) is 5.49. The van der Waals surface area contributed by atoms with Crippen molar-refractivity contribution in [3.05, 3.63) is 100 Å². The molecule has 0 saturated heterocycles. The van der Waals surface area contributed by atoms with Gasteiger partial charge in [0.2, 0.25) is 0 Å². The molecule has 36 heavy (non-hydrogen) atoms. The summed E-state index contributed by atoms with van der Waals surface area (Å²) in [4.78, 5) is 28.3. The number of rotatable bonds is 9. The molecule has 0 spiro atoms. The van der Waals surface area contributed by atoms with Gasteiger partial charge in [0.1, 0.15) is 0 Å². The highest BCUT2D eigenvalue weighted by atomic mass is 32.2. The number of benzene rings is 3. The Morgan fingerprint density at radius 1 is 1.03 bits per heavy atom. The van der Waals surface area contributed by atoms with E-state index >= 15 is 0 Å². The molecule has 1 aromatic heterocycles. The van der Waals surface area contributed by atoms with Crippen LogP contribution in [0.15, 0.2) is 84.0 Å². The Morgan fingerprint density at radius 3 is 2.28 bits per heavy atom. The fraction of sp³-hybridized carbons (Fsp3) is 0.214. The molecular formula is C28H28N4O3S. The highest BCUT2D eigenvalue weighted by molar-refractivity contribution is 7.99. The number of nitro groups is 1. The Bertz CT molecular complexity index is 1370. The first-order valence-corrected chi connectivity index (χ1v) is 12.7. The number of amides is 1. The maximum Gasteiger partial charge on any atom is 0.273 e. The fourth-order valence-corrected chi connectivity index (χ4v) is 5.00. The largest absolute Gasteiger partial charge is 0.351 e. The fourth-order valence-electron chi connectivity index (χ4n) is 4.02. The average Bonchev–Trinajstić information content (AvgIpc) is 3.27. The number of hydrogen-bond acceptors (Lipinski definition) is 5. The predicted molar refractivity (Wildman–Crippen MR) is 144 cm³/mol. The summed E-state index contributed by atoms with van der Waals surface area (Å²) in [6.45, 7) is 6.33. The summed E-state index contributed by atoms with van der Waals surface area (Å²) in [5.74, 6) is 0.271. The second-order valence-corrected chi connectivity index (χ2v) is 9.71. The molecule has 0 atom stereocenters. The van der Waals surface area contributed by atoms with Crippen LogP contribution in [0.4, 0.5) is 5.69 Å². The van der Waals surface area contributed by atoms with Gasteiger partial charge in [-0.1, -0.05) is 78.5 Å². The summed E-state index contributed by atoms with van der Waals surface area (Å²) >= 11 is 1.58. The summed E-state index contributed by atoms with van der Waals surface area (Å²) in [5.41, 5.74) is 4.88. The number of imidazole rings is 1. The van der Waals surface area contributed by atoms with Crippen molar-refractivity contribution in [2.75, 3.05) is 12.3 Å². The maximum absolute atomic E-state index is 12.6. The molecule has 8 heteroatoms. The molecule has 0 aliphatic rings. The molecule has 1 N–H and O–H groups in total. The number of nitro benzene ring substituents is 1. The van der Waals surface area contributed by atoms with E-state index in [1.54, 1.807) is 30.8 Å². The first kappa shape index (κ1) is 25.2. The van der Waals surface area contributed by atoms with Crippen molar-refractivity contribution < 1.29 is 9.72 Å². The zero-order valence-corrected chi connectivity index (χ0v) is 21.3. The van der Waals surface area contributed by atoms with Gasteiger partial charge in [-0.3, -0.25) is 14.9 Å². The highest BCUT2D eigenvalue weighted by Gasteiger charge is 2.22. The van der Waals surface area contributed by atoms with Gasteiger partial charge in [-0.05, 0) is 26.8 Å². The van der Waals surface area contributed by atoms with Crippen molar-refractivity contribution in [3.8, 4) is 22.5 Å². The number of aryl methyl sites for hydroxylation is 1. The van der Waals surface area contributed by atoms with E-state index < -0.39 is 4.92 Å². The molecule has 0 aliphatic carbocycles. The number of carbonyl (C=O) groups is 1. The van der Waals surface area contributed by atoms with Gasteiger partial charge in [0, 0.05) is 46.7 Å². The molecule has 7 nitrogen and oxygen atoms in total. The van der Waals surface area contributed by atoms with E-state index in [-0.39, 0.29) is 23.2 Å². The molecule has 0 unspecified atom stereocenters. The lowest BCUT2D eigenvalue weighted by atomic mass is 10.0. The zero-order valence-electron chi connectivity index (χ0n) is 20.5. The molecule has 0 saturated carbocycles. The molecule has 4 rings (SSSR count). The van der Waals surface area contributed by atoms with Crippen LogP contribution in [-0.4, -0.2) is 32.7 Å². The monoisotopic (exact) mass is 500 g/mol. The van der Waals surface area contributed by atoms with Crippen LogP contribution in [0.1, 0.15) is 35.8 Å². The SMILES string of the molecule is Cc1ccc(C(=O)NCCSc2nc(-c3ccccc3)c(-c3ccccc3)n2C(C)C)cc1[N+](=O)[O-]. The minimum Gasteiger partial charge on any atom is -0.351 e. The second kappa shape index (κ2) is 11.2. The quantitative estimate of drug-likeness (QED) is 0.122. The third-order valence-electron chi connectivity index (χ3n) is 5.78. The van der Waals surface area contributed by atoms with Gasteiger partial charge in [-0.25, -0.2) is 4.98 Å². The van der Waals surface area contributed by atoms with Crippen LogP contribution in [0.5, 0.6) is 0 Å². The van der Waals surface area contributed by atoms with Crippen LogP contribution in [0.3, 0.4) is 0 Å². The molecule has 0 bridgehead atoms. The van der Waals surface area contributed by atoms with Crippen molar-refractivity contribution in [2.24, 2.45) is 0 Å². The smallest absolute Gasteiger partial charge is 0.273 e. The summed E-state index contributed by atoms with van der Waals surface area (Å²) < 4.78 is 2.24. The van der Waals surface area contributed by atoms with E-state index in [0.717, 1.165) is 27.7 Å². The van der Waals surface area contributed by atoms with Gasteiger partial charge in [-0.15, -0.1) is 0 Å². The topological polar surface area (TPSA) is 90.1 Å². The maximum atomic E-state index is 12.6. The number of carbonyl (C=O) groups excluding carboxylic acids is 1. The van der Waals surface area contributed by atoms with Crippen LogP contribution in [0.25, 0.3) is 22.5 Å². The molecule has 184 valence electrons. The van der Waals surface area contributed by atoms with Crippen molar-refractivity contribution in [3.63, 3.8) is 0 Å². The molecule has 1 amide bonds. The predicted octanol–water partition coefficient (Wildman–Crippen LogP) is 6.54. The Kier molecular flexibility index (Phi) is 7.85. The number of nitrogens with one attached hydrogen (secondary N) is 1. The van der Waals surface area contributed by atoms with E-state index in [1.165, 1.54) is 6.07 Å². The lowest BCUT2D eigenvalue weighted by Gasteiger charge is -2.16. The van der Waals surface area contributed by atoms with Crippen molar-refractivity contribution in [1.82, 2.24) is 14.9 Å². The number of thioether (sulfide) groups is 1. The van der Waals surface area contributed by atoms with Gasteiger partial charge < -0.3 is 9.88 Å². The van der Waals surface area contributed by atoms with Gasteiger partial charge in [-0.2, -0.15) is 0 Å². The van der Waals surface area contributed by atoms with Gasteiger partial charge in [0.15, 0.2) is 5.16 Å². The molecule has 4 aromatic rings. The van der Waals surface area contributed by atoms with E-state index in [1.807, 2.05) is 36.4 Å². The minimum atomic E-state index is -0.470. The van der Waals surface area contributed by atoms with Crippen molar-refractivity contribution in [1.29, 1.82) is 0 Å². The zero-order chi connectivity index (χ0) is 25.7. The molecule has 1 heterocycles. The van der Waals surface area contributed by atoms with Crippen molar-refractivity contribution >= 4 is 23.4 Å².